The Bertz CT molecular complexity index is 851. The fourth-order valence-electron chi connectivity index (χ4n) is 3.97. The molecule has 0 saturated heterocycles. The summed E-state index contributed by atoms with van der Waals surface area (Å²) in [6, 6.07) is 12.3. The third kappa shape index (κ3) is 4.89. The van der Waals surface area contributed by atoms with Crippen molar-refractivity contribution in [3.63, 3.8) is 0 Å². The topological polar surface area (TPSA) is 40.6 Å². The van der Waals surface area contributed by atoms with Crippen LogP contribution in [0.25, 0.3) is 0 Å². The zero-order chi connectivity index (χ0) is 21.2. The number of hydrogen-bond donors (Lipinski definition) is 0. The minimum absolute atomic E-state index is 0.0222. The van der Waals surface area contributed by atoms with E-state index in [1.54, 1.807) is 16.2 Å². The zero-order valence-electron chi connectivity index (χ0n) is 18.1. The third-order valence-corrected chi connectivity index (χ3v) is 6.24. The molecule has 4 nitrogen and oxygen atoms in total. The Morgan fingerprint density at radius 3 is 2.48 bits per heavy atom. The summed E-state index contributed by atoms with van der Waals surface area (Å²) in [6.07, 6.45) is 0.874. The number of carbonyl (C=O) groups is 2. The van der Waals surface area contributed by atoms with Crippen molar-refractivity contribution in [1.82, 2.24) is 9.80 Å². The minimum atomic E-state index is -0.504. The molecule has 1 unspecified atom stereocenters. The van der Waals surface area contributed by atoms with Crippen LogP contribution < -0.4 is 0 Å². The number of nitrogens with zero attached hydrogens (tertiary/aromatic N) is 2. The molecule has 2 heterocycles. The molecular weight excluding hydrogens is 380 g/mol. The monoisotopic (exact) mass is 412 g/mol. The standard InChI is InChI=1S/C24H32N2O2S/c1-17(2)15-25(23(28)24(3,4)5)16-21(27)26-13-11-20-19(12-14-29-20)22(26)18-9-7-6-8-10-18/h6-10,12,14,17,22H,11,13,15-16H2,1-5H3. The highest BCUT2D eigenvalue weighted by Crippen LogP contribution is 2.37. The van der Waals surface area contributed by atoms with Crippen molar-refractivity contribution in [3.8, 4) is 0 Å². The van der Waals surface area contributed by atoms with E-state index in [0.29, 0.717) is 19.0 Å². The second-order valence-electron chi connectivity index (χ2n) is 9.28. The predicted octanol–water partition coefficient (Wildman–Crippen LogP) is 4.75. The molecule has 2 aromatic rings. The summed E-state index contributed by atoms with van der Waals surface area (Å²) in [4.78, 5) is 31.5. The fraction of sp³-hybridized carbons (Fsp3) is 0.500. The van der Waals surface area contributed by atoms with E-state index in [1.165, 1.54) is 10.4 Å². The van der Waals surface area contributed by atoms with Gasteiger partial charge in [0.1, 0.15) is 0 Å². The van der Waals surface area contributed by atoms with Crippen LogP contribution in [0.4, 0.5) is 0 Å². The maximum Gasteiger partial charge on any atom is 0.242 e. The highest BCUT2D eigenvalue weighted by Gasteiger charge is 2.35. The maximum absolute atomic E-state index is 13.5. The quantitative estimate of drug-likeness (QED) is 0.711. The van der Waals surface area contributed by atoms with Crippen molar-refractivity contribution in [2.24, 2.45) is 11.3 Å². The first-order chi connectivity index (χ1) is 13.7. The summed E-state index contributed by atoms with van der Waals surface area (Å²) in [5, 5.41) is 2.11. The van der Waals surface area contributed by atoms with Gasteiger partial charge >= 0.3 is 0 Å². The van der Waals surface area contributed by atoms with Gasteiger partial charge in [-0.05, 0) is 34.9 Å². The lowest BCUT2D eigenvalue weighted by molar-refractivity contribution is -0.146. The van der Waals surface area contributed by atoms with Gasteiger partial charge in [-0.1, -0.05) is 65.0 Å². The molecule has 1 aromatic carbocycles. The Labute approximate surface area is 178 Å². The van der Waals surface area contributed by atoms with E-state index in [0.717, 1.165) is 12.0 Å². The van der Waals surface area contributed by atoms with Crippen LogP contribution in [0.5, 0.6) is 0 Å². The molecule has 0 bridgehead atoms. The number of carbonyl (C=O) groups excluding carboxylic acids is 2. The lowest BCUT2D eigenvalue weighted by atomic mass is 9.92. The minimum Gasteiger partial charge on any atom is -0.333 e. The number of rotatable bonds is 5. The van der Waals surface area contributed by atoms with E-state index >= 15 is 0 Å². The van der Waals surface area contributed by atoms with Gasteiger partial charge in [0.2, 0.25) is 11.8 Å². The summed E-state index contributed by atoms with van der Waals surface area (Å²) in [6.45, 7) is 11.3. The number of thiophene rings is 1. The summed E-state index contributed by atoms with van der Waals surface area (Å²) in [7, 11) is 0. The van der Waals surface area contributed by atoms with E-state index < -0.39 is 5.41 Å². The van der Waals surface area contributed by atoms with Crippen molar-refractivity contribution >= 4 is 23.2 Å². The van der Waals surface area contributed by atoms with Crippen LogP contribution in [0.15, 0.2) is 41.8 Å². The molecule has 1 aliphatic heterocycles. The largest absolute Gasteiger partial charge is 0.333 e. The van der Waals surface area contributed by atoms with E-state index in [1.807, 2.05) is 43.9 Å². The lowest BCUT2D eigenvalue weighted by Gasteiger charge is -2.38. The molecule has 3 rings (SSSR count). The smallest absolute Gasteiger partial charge is 0.242 e. The maximum atomic E-state index is 13.5. The highest BCUT2D eigenvalue weighted by molar-refractivity contribution is 7.10. The van der Waals surface area contributed by atoms with Crippen LogP contribution in [0.2, 0.25) is 0 Å². The average molecular weight is 413 g/mol. The summed E-state index contributed by atoms with van der Waals surface area (Å²) in [5.74, 6) is 0.363. The molecular formula is C24H32N2O2S. The normalized spacial score (nSPS) is 16.6. The summed E-state index contributed by atoms with van der Waals surface area (Å²) >= 11 is 1.77. The summed E-state index contributed by atoms with van der Waals surface area (Å²) in [5.41, 5.74) is 1.84. The molecule has 29 heavy (non-hydrogen) atoms. The van der Waals surface area contributed by atoms with Gasteiger partial charge < -0.3 is 9.80 Å². The average Bonchev–Trinajstić information content (AvgIpc) is 3.14. The molecule has 0 saturated carbocycles. The van der Waals surface area contributed by atoms with Gasteiger partial charge in [-0.2, -0.15) is 0 Å². The predicted molar refractivity (Wildman–Crippen MR) is 119 cm³/mol. The molecule has 1 aliphatic rings. The third-order valence-electron chi connectivity index (χ3n) is 5.24. The SMILES string of the molecule is CC(C)CN(CC(=O)N1CCc2sccc2C1c1ccccc1)C(=O)C(C)(C)C. The Balaban J connectivity index is 1.89. The van der Waals surface area contributed by atoms with Crippen molar-refractivity contribution < 1.29 is 9.59 Å². The van der Waals surface area contributed by atoms with Gasteiger partial charge in [0.25, 0.3) is 0 Å². The van der Waals surface area contributed by atoms with Gasteiger partial charge in [-0.3, -0.25) is 9.59 Å². The molecule has 0 N–H and O–H groups in total. The molecule has 0 spiro atoms. The van der Waals surface area contributed by atoms with Crippen molar-refractivity contribution in [2.45, 2.75) is 47.1 Å². The van der Waals surface area contributed by atoms with Crippen LogP contribution in [0.1, 0.15) is 56.7 Å². The summed E-state index contributed by atoms with van der Waals surface area (Å²) < 4.78 is 0. The molecule has 0 fully saturated rings. The molecule has 5 heteroatoms. The molecule has 1 aromatic heterocycles. The number of amides is 2. The molecule has 0 radical (unpaired) electrons. The van der Waals surface area contributed by atoms with Crippen LogP contribution in [-0.4, -0.2) is 41.2 Å². The Morgan fingerprint density at radius 2 is 1.86 bits per heavy atom. The van der Waals surface area contributed by atoms with Gasteiger partial charge in [0, 0.05) is 23.4 Å². The first-order valence-corrected chi connectivity index (χ1v) is 11.3. The number of hydrogen-bond acceptors (Lipinski definition) is 3. The van der Waals surface area contributed by atoms with Gasteiger partial charge in [0.05, 0.1) is 12.6 Å². The van der Waals surface area contributed by atoms with Crippen LogP contribution in [-0.2, 0) is 16.0 Å². The first kappa shape index (κ1) is 21.6. The van der Waals surface area contributed by atoms with Crippen molar-refractivity contribution in [1.29, 1.82) is 0 Å². The van der Waals surface area contributed by atoms with Crippen molar-refractivity contribution in [2.75, 3.05) is 19.6 Å². The second kappa shape index (κ2) is 8.70. The Kier molecular flexibility index (Phi) is 6.47. The zero-order valence-corrected chi connectivity index (χ0v) is 19.0. The van der Waals surface area contributed by atoms with E-state index in [-0.39, 0.29) is 24.4 Å². The van der Waals surface area contributed by atoms with Crippen molar-refractivity contribution in [3.05, 3.63) is 57.8 Å². The van der Waals surface area contributed by atoms with E-state index in [2.05, 4.69) is 37.4 Å². The fourth-order valence-corrected chi connectivity index (χ4v) is 4.87. The molecule has 1 atom stereocenters. The lowest BCUT2D eigenvalue weighted by Crippen LogP contribution is -2.49. The second-order valence-corrected chi connectivity index (χ2v) is 10.3. The number of benzene rings is 1. The highest BCUT2D eigenvalue weighted by atomic mass is 32.1. The van der Waals surface area contributed by atoms with Gasteiger partial charge in [-0.15, -0.1) is 11.3 Å². The first-order valence-electron chi connectivity index (χ1n) is 10.4. The molecule has 2 amide bonds. The molecule has 156 valence electrons. The van der Waals surface area contributed by atoms with Crippen LogP contribution in [0, 0.1) is 11.3 Å². The Morgan fingerprint density at radius 1 is 1.17 bits per heavy atom. The van der Waals surface area contributed by atoms with E-state index in [9.17, 15) is 9.59 Å². The molecule has 0 aliphatic carbocycles. The van der Waals surface area contributed by atoms with Gasteiger partial charge in [-0.25, -0.2) is 0 Å². The van der Waals surface area contributed by atoms with E-state index in [4.69, 9.17) is 0 Å². The van der Waals surface area contributed by atoms with Crippen LogP contribution >= 0.6 is 11.3 Å². The number of fused-ring (bicyclic) bond motifs is 1. The van der Waals surface area contributed by atoms with Gasteiger partial charge in [0.15, 0.2) is 0 Å². The van der Waals surface area contributed by atoms with Crippen LogP contribution in [0.3, 0.4) is 0 Å². The Hall–Kier alpha value is -2.14.